The van der Waals surface area contributed by atoms with Crippen LogP contribution in [0.4, 0.5) is 0 Å². The van der Waals surface area contributed by atoms with E-state index in [0.717, 1.165) is 6.42 Å². The predicted molar refractivity (Wildman–Crippen MR) is 57.4 cm³/mol. The summed E-state index contributed by atoms with van der Waals surface area (Å²) in [5.74, 6) is -0.143. The smallest absolute Gasteiger partial charge is 0.224 e. The number of carbonyl (C=O) groups excluding carboxylic acids is 1. The van der Waals surface area contributed by atoms with Crippen LogP contribution >= 0.6 is 0 Å². The molecule has 94 valence electrons. The van der Waals surface area contributed by atoms with Gasteiger partial charge in [-0.2, -0.15) is 0 Å². The van der Waals surface area contributed by atoms with Crippen molar-refractivity contribution in [2.75, 3.05) is 13.2 Å². The largest absolute Gasteiger partial charge is 0.394 e. The number of amides is 1. The SMILES string of the molecule is CC(NC(O)CC(O)CO)C1CCNC1=O. The Hall–Kier alpha value is -0.690. The molecule has 5 N–H and O–H groups in total. The predicted octanol–water partition coefficient (Wildman–Crippen LogP) is -1.84. The van der Waals surface area contributed by atoms with Gasteiger partial charge in [0.1, 0.15) is 6.23 Å². The second-order valence-corrected chi connectivity index (χ2v) is 4.23. The van der Waals surface area contributed by atoms with Crippen molar-refractivity contribution in [3.8, 4) is 0 Å². The Labute approximate surface area is 94.7 Å². The lowest BCUT2D eigenvalue weighted by molar-refractivity contribution is -0.123. The summed E-state index contributed by atoms with van der Waals surface area (Å²) < 4.78 is 0. The minimum Gasteiger partial charge on any atom is -0.394 e. The fourth-order valence-electron chi connectivity index (χ4n) is 1.91. The molecule has 4 unspecified atom stereocenters. The number of hydrogen-bond acceptors (Lipinski definition) is 5. The highest BCUT2D eigenvalue weighted by atomic mass is 16.3. The maximum absolute atomic E-state index is 11.4. The van der Waals surface area contributed by atoms with Gasteiger partial charge in [0.25, 0.3) is 0 Å². The molecule has 0 aromatic rings. The summed E-state index contributed by atoms with van der Waals surface area (Å²) >= 11 is 0. The standard InChI is InChI=1S/C10H20N2O4/c1-6(8-2-3-11-10(8)16)12-9(15)4-7(14)5-13/h6-9,12-15H,2-5H2,1H3,(H,11,16). The van der Waals surface area contributed by atoms with Gasteiger partial charge < -0.3 is 20.6 Å². The average molecular weight is 232 g/mol. The third-order valence-electron chi connectivity index (χ3n) is 2.86. The van der Waals surface area contributed by atoms with E-state index in [1.807, 2.05) is 6.92 Å². The normalized spacial score (nSPS) is 26.2. The Morgan fingerprint density at radius 1 is 1.56 bits per heavy atom. The molecule has 1 fully saturated rings. The molecular formula is C10H20N2O4. The number of hydrogen-bond donors (Lipinski definition) is 5. The number of aliphatic hydroxyl groups excluding tert-OH is 3. The number of aliphatic hydroxyl groups is 3. The lowest BCUT2D eigenvalue weighted by Gasteiger charge is -2.23. The van der Waals surface area contributed by atoms with Gasteiger partial charge >= 0.3 is 0 Å². The molecule has 0 saturated carbocycles. The van der Waals surface area contributed by atoms with Crippen LogP contribution in [0.25, 0.3) is 0 Å². The van der Waals surface area contributed by atoms with E-state index in [1.54, 1.807) is 0 Å². The van der Waals surface area contributed by atoms with Crippen molar-refractivity contribution in [2.45, 2.75) is 38.1 Å². The topological polar surface area (TPSA) is 102 Å². The Morgan fingerprint density at radius 3 is 2.75 bits per heavy atom. The van der Waals surface area contributed by atoms with Crippen LogP contribution in [-0.2, 0) is 4.79 Å². The summed E-state index contributed by atoms with van der Waals surface area (Å²) in [4.78, 5) is 11.4. The Kier molecular flexibility index (Phi) is 5.14. The van der Waals surface area contributed by atoms with E-state index in [-0.39, 0.29) is 30.9 Å². The number of rotatable bonds is 6. The molecule has 1 rings (SSSR count). The van der Waals surface area contributed by atoms with Gasteiger partial charge in [0, 0.05) is 19.0 Å². The van der Waals surface area contributed by atoms with Gasteiger partial charge in [-0.25, -0.2) is 0 Å². The highest BCUT2D eigenvalue weighted by Crippen LogP contribution is 2.14. The summed E-state index contributed by atoms with van der Waals surface area (Å²) in [6, 6.07) is -0.150. The fourth-order valence-corrected chi connectivity index (χ4v) is 1.91. The van der Waals surface area contributed by atoms with E-state index in [1.165, 1.54) is 0 Å². The van der Waals surface area contributed by atoms with Crippen molar-refractivity contribution in [3.05, 3.63) is 0 Å². The van der Waals surface area contributed by atoms with Crippen molar-refractivity contribution < 1.29 is 20.1 Å². The van der Waals surface area contributed by atoms with Crippen molar-refractivity contribution in [1.82, 2.24) is 10.6 Å². The van der Waals surface area contributed by atoms with Crippen LogP contribution in [0.5, 0.6) is 0 Å². The quantitative estimate of drug-likeness (QED) is 0.346. The van der Waals surface area contributed by atoms with Gasteiger partial charge in [-0.15, -0.1) is 0 Å². The molecule has 4 atom stereocenters. The van der Waals surface area contributed by atoms with E-state index >= 15 is 0 Å². The number of carbonyl (C=O) groups is 1. The zero-order valence-corrected chi connectivity index (χ0v) is 9.39. The van der Waals surface area contributed by atoms with Crippen LogP contribution in [0.15, 0.2) is 0 Å². The Balaban J connectivity index is 2.32. The molecule has 1 amide bonds. The summed E-state index contributed by atoms with van der Waals surface area (Å²) in [5.41, 5.74) is 0. The lowest BCUT2D eigenvalue weighted by atomic mass is 9.99. The lowest BCUT2D eigenvalue weighted by Crippen LogP contribution is -2.44. The zero-order chi connectivity index (χ0) is 12.1. The molecule has 1 aliphatic rings. The molecule has 6 heteroatoms. The zero-order valence-electron chi connectivity index (χ0n) is 9.39. The second-order valence-electron chi connectivity index (χ2n) is 4.23. The third kappa shape index (κ3) is 3.71. The minimum atomic E-state index is -0.938. The van der Waals surface area contributed by atoms with E-state index < -0.39 is 12.3 Å². The van der Waals surface area contributed by atoms with Gasteiger partial charge in [-0.1, -0.05) is 0 Å². The first-order valence-electron chi connectivity index (χ1n) is 5.55. The highest BCUT2D eigenvalue weighted by molar-refractivity contribution is 5.81. The van der Waals surface area contributed by atoms with Crippen LogP contribution in [0.3, 0.4) is 0 Å². The van der Waals surface area contributed by atoms with Gasteiger partial charge in [0.2, 0.25) is 5.91 Å². The van der Waals surface area contributed by atoms with Crippen LogP contribution in [0.1, 0.15) is 19.8 Å². The summed E-state index contributed by atoms with van der Waals surface area (Å²) in [6.45, 7) is 2.12. The maximum Gasteiger partial charge on any atom is 0.224 e. The molecule has 0 aliphatic carbocycles. The van der Waals surface area contributed by atoms with E-state index in [2.05, 4.69) is 10.6 Å². The molecule has 0 aromatic heterocycles. The maximum atomic E-state index is 11.4. The van der Waals surface area contributed by atoms with Gasteiger partial charge in [-0.3, -0.25) is 10.1 Å². The third-order valence-corrected chi connectivity index (χ3v) is 2.86. The Morgan fingerprint density at radius 2 is 2.25 bits per heavy atom. The monoisotopic (exact) mass is 232 g/mol. The average Bonchev–Trinajstić information content (AvgIpc) is 2.63. The molecule has 16 heavy (non-hydrogen) atoms. The molecule has 1 saturated heterocycles. The fraction of sp³-hybridized carbons (Fsp3) is 0.900. The van der Waals surface area contributed by atoms with Crippen molar-refractivity contribution in [1.29, 1.82) is 0 Å². The van der Waals surface area contributed by atoms with Gasteiger partial charge in [-0.05, 0) is 13.3 Å². The van der Waals surface area contributed by atoms with Crippen molar-refractivity contribution in [2.24, 2.45) is 5.92 Å². The highest BCUT2D eigenvalue weighted by Gasteiger charge is 2.30. The van der Waals surface area contributed by atoms with Crippen LogP contribution < -0.4 is 10.6 Å². The number of nitrogens with one attached hydrogen (secondary N) is 2. The van der Waals surface area contributed by atoms with E-state index in [0.29, 0.717) is 6.54 Å². The first kappa shape index (κ1) is 13.4. The molecule has 0 bridgehead atoms. The van der Waals surface area contributed by atoms with Crippen molar-refractivity contribution in [3.63, 3.8) is 0 Å². The summed E-state index contributed by atoms with van der Waals surface area (Å²) in [6.07, 6.45) is -1.05. The van der Waals surface area contributed by atoms with Crippen LogP contribution in [0.2, 0.25) is 0 Å². The van der Waals surface area contributed by atoms with Crippen LogP contribution in [0, 0.1) is 5.92 Å². The van der Waals surface area contributed by atoms with E-state index in [9.17, 15) is 9.90 Å². The molecule has 0 radical (unpaired) electrons. The summed E-state index contributed by atoms with van der Waals surface area (Å²) in [5, 5.41) is 32.9. The van der Waals surface area contributed by atoms with E-state index in [4.69, 9.17) is 10.2 Å². The molecule has 1 heterocycles. The van der Waals surface area contributed by atoms with Gasteiger partial charge in [0.05, 0.1) is 18.6 Å². The molecular weight excluding hydrogens is 212 g/mol. The molecule has 6 nitrogen and oxygen atoms in total. The first-order chi connectivity index (χ1) is 7.54. The second kappa shape index (κ2) is 6.15. The van der Waals surface area contributed by atoms with Gasteiger partial charge in [0.15, 0.2) is 0 Å². The molecule has 0 aromatic carbocycles. The summed E-state index contributed by atoms with van der Waals surface area (Å²) in [7, 11) is 0. The minimum absolute atomic E-state index is 0.00472. The molecule has 0 spiro atoms. The first-order valence-corrected chi connectivity index (χ1v) is 5.55. The van der Waals surface area contributed by atoms with Crippen LogP contribution in [-0.4, -0.2) is 52.8 Å². The molecule has 1 aliphatic heterocycles. The Bertz CT molecular complexity index is 237. The van der Waals surface area contributed by atoms with Crippen molar-refractivity contribution >= 4 is 5.91 Å².